The van der Waals surface area contributed by atoms with Crippen molar-refractivity contribution < 1.29 is 14.3 Å². The third kappa shape index (κ3) is 5.19. The lowest BCUT2D eigenvalue weighted by Gasteiger charge is -2.24. The van der Waals surface area contributed by atoms with E-state index in [1.165, 1.54) is 7.11 Å². The normalized spacial score (nSPS) is 12.9. The van der Waals surface area contributed by atoms with Gasteiger partial charge in [0.1, 0.15) is 23.5 Å². The molecule has 0 fully saturated rings. The number of hydrogen-bond donors (Lipinski definition) is 0. The van der Waals surface area contributed by atoms with Crippen molar-refractivity contribution in [3.63, 3.8) is 0 Å². The van der Waals surface area contributed by atoms with Gasteiger partial charge >= 0.3 is 5.97 Å². The van der Waals surface area contributed by atoms with Crippen molar-refractivity contribution in [2.45, 2.75) is 32.9 Å². The van der Waals surface area contributed by atoms with Gasteiger partial charge < -0.3 is 9.47 Å². The monoisotopic (exact) mass is 480 g/mol. The lowest BCUT2D eigenvalue weighted by Crippen LogP contribution is -2.32. The van der Waals surface area contributed by atoms with Crippen LogP contribution in [0.4, 0.5) is 0 Å². The van der Waals surface area contributed by atoms with Gasteiger partial charge in [-0.05, 0) is 51.7 Å². The number of hydrogen-bond acceptors (Lipinski definition) is 8. The number of carbonyl (C=O) groups excluding carboxylic acids is 1. The van der Waals surface area contributed by atoms with Crippen molar-refractivity contribution in [3.8, 4) is 11.5 Å². The molecule has 11 heteroatoms. The van der Waals surface area contributed by atoms with Crippen LogP contribution >= 0.6 is 21.6 Å². The molecular formula is C21H29ClN6O3S. The predicted octanol–water partition coefficient (Wildman–Crippen LogP) is 3.36. The number of aryl methyl sites for hydroxylation is 1. The van der Waals surface area contributed by atoms with E-state index in [0.717, 1.165) is 16.8 Å². The Labute approximate surface area is 194 Å². The Bertz CT molecular complexity index is 1140. The Morgan fingerprint density at radius 3 is 2.53 bits per heavy atom. The van der Waals surface area contributed by atoms with Crippen LogP contribution in [0.25, 0.3) is 22.6 Å². The Kier molecular flexibility index (Phi) is 7.06. The first-order chi connectivity index (χ1) is 14.9. The molecule has 3 aromatic heterocycles. The van der Waals surface area contributed by atoms with Crippen molar-refractivity contribution in [3.05, 3.63) is 28.7 Å². The Morgan fingerprint density at radius 2 is 1.91 bits per heavy atom. The summed E-state index contributed by atoms with van der Waals surface area (Å²) in [5, 5.41) is 13.9. The molecule has 0 amide bonds. The molecule has 0 aliphatic heterocycles. The van der Waals surface area contributed by atoms with Crippen molar-refractivity contribution in [2.24, 2.45) is 0 Å². The largest absolute Gasteiger partial charge is 0.468 e. The zero-order valence-electron chi connectivity index (χ0n) is 19.5. The maximum absolute atomic E-state index is 12.1. The maximum atomic E-state index is 12.1. The van der Waals surface area contributed by atoms with Crippen LogP contribution in [0.1, 0.15) is 25.2 Å². The highest BCUT2D eigenvalue weighted by Gasteiger charge is 2.36. The van der Waals surface area contributed by atoms with E-state index in [4.69, 9.17) is 21.1 Å². The van der Waals surface area contributed by atoms with Gasteiger partial charge in [0, 0.05) is 11.4 Å². The number of esters is 1. The smallest absolute Gasteiger partial charge is 0.317 e. The highest BCUT2D eigenvalue weighted by molar-refractivity contribution is 8.32. The second-order valence-corrected chi connectivity index (χ2v) is 13.8. The van der Waals surface area contributed by atoms with E-state index >= 15 is 0 Å². The summed E-state index contributed by atoms with van der Waals surface area (Å²) in [6, 6.07) is 3.81. The molecule has 3 aromatic rings. The third-order valence-electron chi connectivity index (χ3n) is 4.93. The zero-order chi connectivity index (χ0) is 23.7. The van der Waals surface area contributed by atoms with E-state index in [-0.39, 0.29) is 23.4 Å². The van der Waals surface area contributed by atoms with Crippen molar-refractivity contribution in [1.29, 1.82) is 0 Å². The SMILES string of the molecule is COC(=O)C(C)(C)c1nnc(-c2nn(COCCS(C)(C)C)c3nc(C)ccc23)nc1Cl. The number of halogens is 1. The van der Waals surface area contributed by atoms with E-state index in [9.17, 15) is 4.79 Å². The summed E-state index contributed by atoms with van der Waals surface area (Å²) in [5.74, 6) is 0.769. The fourth-order valence-corrected chi connectivity index (χ4v) is 3.98. The number of rotatable bonds is 8. The topological polar surface area (TPSA) is 105 Å². The van der Waals surface area contributed by atoms with Crippen LogP contribution < -0.4 is 0 Å². The van der Waals surface area contributed by atoms with Gasteiger partial charge in [0.25, 0.3) is 0 Å². The van der Waals surface area contributed by atoms with Gasteiger partial charge in [0.15, 0.2) is 10.8 Å². The second kappa shape index (κ2) is 9.29. The Hall–Kier alpha value is -2.30. The number of ether oxygens (including phenoxy) is 2. The summed E-state index contributed by atoms with van der Waals surface area (Å²) in [6.07, 6.45) is 6.76. The highest BCUT2D eigenvalue weighted by Crippen LogP contribution is 2.34. The molecule has 0 spiro atoms. The molecule has 0 saturated heterocycles. The molecule has 32 heavy (non-hydrogen) atoms. The van der Waals surface area contributed by atoms with Gasteiger partial charge in [-0.2, -0.15) is 5.10 Å². The zero-order valence-corrected chi connectivity index (χ0v) is 21.0. The lowest BCUT2D eigenvalue weighted by atomic mass is 9.90. The number of methoxy groups -OCH3 is 1. The molecule has 0 saturated carbocycles. The van der Waals surface area contributed by atoms with Crippen LogP contribution in [-0.4, -0.2) is 74.2 Å². The number of nitrogens with zero attached hydrogens (tertiary/aromatic N) is 6. The van der Waals surface area contributed by atoms with Crippen molar-refractivity contribution in [1.82, 2.24) is 29.9 Å². The average Bonchev–Trinajstić information content (AvgIpc) is 3.07. The lowest BCUT2D eigenvalue weighted by molar-refractivity contribution is -0.146. The molecule has 0 radical (unpaired) electrons. The fourth-order valence-electron chi connectivity index (χ4n) is 3.00. The van der Waals surface area contributed by atoms with Crippen LogP contribution in [0.3, 0.4) is 0 Å². The second-order valence-electron chi connectivity index (χ2n) is 8.90. The van der Waals surface area contributed by atoms with Crippen LogP contribution in [0.2, 0.25) is 5.15 Å². The molecule has 0 aromatic carbocycles. The molecule has 3 rings (SSSR count). The van der Waals surface area contributed by atoms with Gasteiger partial charge in [-0.1, -0.05) is 11.6 Å². The van der Waals surface area contributed by atoms with Gasteiger partial charge in [0.05, 0.1) is 19.1 Å². The summed E-state index contributed by atoms with van der Waals surface area (Å²) < 4.78 is 12.4. The summed E-state index contributed by atoms with van der Waals surface area (Å²) >= 11 is 6.40. The molecular weight excluding hydrogens is 452 g/mol. The third-order valence-corrected chi connectivity index (χ3v) is 6.59. The van der Waals surface area contributed by atoms with Crippen LogP contribution in [0.5, 0.6) is 0 Å². The molecule has 0 aliphatic rings. The molecule has 0 aliphatic carbocycles. The number of pyridine rings is 1. The number of aromatic nitrogens is 6. The van der Waals surface area contributed by atoms with E-state index in [0.29, 0.717) is 17.9 Å². The number of carbonyl (C=O) groups is 1. The maximum Gasteiger partial charge on any atom is 0.317 e. The summed E-state index contributed by atoms with van der Waals surface area (Å²) in [6.45, 7) is 6.13. The quantitative estimate of drug-likeness (QED) is 0.357. The molecule has 0 N–H and O–H groups in total. The minimum Gasteiger partial charge on any atom is -0.468 e. The first kappa shape index (κ1) is 24.3. The van der Waals surface area contributed by atoms with Crippen LogP contribution in [0.15, 0.2) is 12.1 Å². The Morgan fingerprint density at radius 1 is 1.19 bits per heavy atom. The standard InChI is InChI=1S/C21H29ClN6O3S/c1-13-8-9-14-15(27-28(19(14)23-13)12-31-10-11-32(5,6)7)18-24-17(22)16(25-26-18)21(2,3)20(29)30-4/h8-9H,10-12H2,1-7H3. The van der Waals surface area contributed by atoms with E-state index in [1.807, 2.05) is 19.1 Å². The predicted molar refractivity (Wildman–Crippen MR) is 127 cm³/mol. The molecule has 0 bridgehead atoms. The minimum atomic E-state index is -1.09. The van der Waals surface area contributed by atoms with Gasteiger partial charge in [-0.3, -0.25) is 4.79 Å². The van der Waals surface area contributed by atoms with Gasteiger partial charge in [0.2, 0.25) is 5.82 Å². The summed E-state index contributed by atoms with van der Waals surface area (Å²) in [4.78, 5) is 21.1. The summed E-state index contributed by atoms with van der Waals surface area (Å²) in [7, 11) is 0.671. The number of fused-ring (bicyclic) bond motifs is 1. The molecule has 0 atom stereocenters. The van der Waals surface area contributed by atoms with Gasteiger partial charge in [-0.15, -0.1) is 10.2 Å². The first-order valence-electron chi connectivity index (χ1n) is 10.0. The fraction of sp³-hybridized carbons (Fsp3) is 0.524. The summed E-state index contributed by atoms with van der Waals surface area (Å²) in [5.41, 5.74) is 1.17. The Balaban J connectivity index is 1.97. The minimum absolute atomic E-state index is 0.0672. The molecule has 9 nitrogen and oxygen atoms in total. The first-order valence-corrected chi connectivity index (χ1v) is 13.4. The molecule has 174 valence electrons. The van der Waals surface area contributed by atoms with Crippen LogP contribution in [0, 0.1) is 6.92 Å². The van der Waals surface area contributed by atoms with Crippen LogP contribution in [-0.2, 0) is 26.4 Å². The van der Waals surface area contributed by atoms with Crippen molar-refractivity contribution in [2.75, 3.05) is 38.2 Å². The molecule has 0 unspecified atom stereocenters. The molecule has 3 heterocycles. The van der Waals surface area contributed by atoms with E-state index in [1.54, 1.807) is 18.5 Å². The average molecular weight is 481 g/mol. The highest BCUT2D eigenvalue weighted by atomic mass is 35.5. The van der Waals surface area contributed by atoms with Gasteiger partial charge in [-0.25, -0.2) is 24.7 Å². The van der Waals surface area contributed by atoms with E-state index in [2.05, 4.69) is 44.0 Å². The van der Waals surface area contributed by atoms with E-state index < -0.39 is 21.4 Å². The van der Waals surface area contributed by atoms with Crippen molar-refractivity contribution >= 4 is 38.6 Å².